The number of likely N-dealkylation sites (N-methyl/N-ethyl adjacent to an activating group) is 1. The molecule has 6 nitrogen and oxygen atoms in total. The topological polar surface area (TPSA) is 63.9 Å². The molecule has 0 saturated carbocycles. The number of nitrogens with zero attached hydrogens (tertiary/aromatic N) is 3. The van der Waals surface area contributed by atoms with Crippen molar-refractivity contribution in [2.75, 3.05) is 21.2 Å². The lowest BCUT2D eigenvalue weighted by Gasteiger charge is -2.04. The Hall–Kier alpha value is -2.54. The standard InChI is InChI=1S/C17H17N3O3S/c1-18-17-19(2)16(22)14(24-17)8-11-9-20(10-15(21)23-3)13-7-5-4-6-12(11)13/h4-9H,10H2,1-3H3/b14-8+,18-17?. The molecule has 0 aliphatic carbocycles. The van der Waals surface area contributed by atoms with Crippen LogP contribution in [0.1, 0.15) is 5.56 Å². The summed E-state index contributed by atoms with van der Waals surface area (Å²) in [5, 5.41) is 1.65. The molecule has 0 spiro atoms. The van der Waals surface area contributed by atoms with E-state index < -0.39 is 0 Å². The molecular formula is C17H17N3O3S. The lowest BCUT2D eigenvalue weighted by molar-refractivity contribution is -0.141. The van der Waals surface area contributed by atoms with Crippen molar-refractivity contribution in [2.24, 2.45) is 4.99 Å². The van der Waals surface area contributed by atoms with Crippen molar-refractivity contribution in [3.8, 4) is 0 Å². The highest BCUT2D eigenvalue weighted by molar-refractivity contribution is 8.18. The Morgan fingerprint density at radius 2 is 2.12 bits per heavy atom. The Morgan fingerprint density at radius 3 is 2.79 bits per heavy atom. The van der Waals surface area contributed by atoms with Crippen molar-refractivity contribution in [2.45, 2.75) is 6.54 Å². The van der Waals surface area contributed by atoms with Crippen molar-refractivity contribution >= 4 is 45.8 Å². The van der Waals surface area contributed by atoms with E-state index in [0.29, 0.717) is 10.1 Å². The van der Waals surface area contributed by atoms with Gasteiger partial charge in [-0.3, -0.25) is 19.5 Å². The zero-order valence-corrected chi connectivity index (χ0v) is 14.5. The number of carbonyl (C=O) groups is 2. The van der Waals surface area contributed by atoms with E-state index in [0.717, 1.165) is 16.5 Å². The van der Waals surface area contributed by atoms with Crippen LogP contribution in [0.2, 0.25) is 0 Å². The number of ether oxygens (including phenoxy) is 1. The number of methoxy groups -OCH3 is 1. The average molecular weight is 343 g/mol. The maximum atomic E-state index is 12.3. The molecule has 24 heavy (non-hydrogen) atoms. The van der Waals surface area contributed by atoms with E-state index in [9.17, 15) is 9.59 Å². The normalized spacial score (nSPS) is 18.1. The molecule has 0 radical (unpaired) electrons. The number of thioether (sulfide) groups is 1. The highest BCUT2D eigenvalue weighted by Crippen LogP contribution is 2.33. The summed E-state index contributed by atoms with van der Waals surface area (Å²) in [6.07, 6.45) is 3.71. The van der Waals surface area contributed by atoms with E-state index in [1.807, 2.05) is 41.1 Å². The van der Waals surface area contributed by atoms with Gasteiger partial charge in [0, 0.05) is 36.8 Å². The van der Waals surface area contributed by atoms with Crippen LogP contribution in [-0.4, -0.2) is 47.7 Å². The van der Waals surface area contributed by atoms with Crippen molar-refractivity contribution in [1.29, 1.82) is 0 Å². The SMILES string of the molecule is CN=C1S/C(=C/c2cn(CC(=O)OC)c3ccccc23)C(=O)N1C. The highest BCUT2D eigenvalue weighted by atomic mass is 32.2. The second-order valence-electron chi connectivity index (χ2n) is 5.29. The molecule has 7 heteroatoms. The van der Waals surface area contributed by atoms with Crippen LogP contribution in [-0.2, 0) is 20.9 Å². The quantitative estimate of drug-likeness (QED) is 0.634. The third-order valence-electron chi connectivity index (χ3n) is 3.83. The Kier molecular flexibility index (Phi) is 4.44. The van der Waals surface area contributed by atoms with Gasteiger partial charge >= 0.3 is 5.97 Å². The van der Waals surface area contributed by atoms with E-state index in [1.54, 1.807) is 14.1 Å². The van der Waals surface area contributed by atoms with Crippen LogP contribution < -0.4 is 0 Å². The smallest absolute Gasteiger partial charge is 0.325 e. The van der Waals surface area contributed by atoms with E-state index in [-0.39, 0.29) is 18.4 Å². The first kappa shape index (κ1) is 16.3. The van der Waals surface area contributed by atoms with Gasteiger partial charge in [0.05, 0.1) is 12.0 Å². The molecule has 0 atom stereocenters. The predicted molar refractivity (Wildman–Crippen MR) is 95.7 cm³/mol. The molecule has 1 aromatic heterocycles. The fourth-order valence-electron chi connectivity index (χ4n) is 2.62. The maximum absolute atomic E-state index is 12.3. The fraction of sp³-hybridized carbons (Fsp3) is 0.235. The van der Waals surface area contributed by atoms with Gasteiger partial charge in [0.1, 0.15) is 6.54 Å². The third kappa shape index (κ3) is 2.82. The van der Waals surface area contributed by atoms with E-state index >= 15 is 0 Å². The van der Waals surface area contributed by atoms with Crippen molar-refractivity contribution in [1.82, 2.24) is 9.47 Å². The number of carbonyl (C=O) groups excluding carboxylic acids is 2. The maximum Gasteiger partial charge on any atom is 0.325 e. The fourth-order valence-corrected chi connectivity index (χ4v) is 3.53. The molecule has 1 fully saturated rings. The Morgan fingerprint density at radius 1 is 1.38 bits per heavy atom. The number of rotatable bonds is 3. The Balaban J connectivity index is 2.06. The zero-order valence-electron chi connectivity index (χ0n) is 13.6. The van der Waals surface area contributed by atoms with Gasteiger partial charge in [0.2, 0.25) is 0 Å². The largest absolute Gasteiger partial charge is 0.468 e. The molecule has 0 bridgehead atoms. The molecule has 1 aliphatic heterocycles. The number of hydrogen-bond acceptors (Lipinski definition) is 5. The number of fused-ring (bicyclic) bond motifs is 1. The second-order valence-corrected chi connectivity index (χ2v) is 6.30. The van der Waals surface area contributed by atoms with Gasteiger partial charge < -0.3 is 9.30 Å². The lowest BCUT2D eigenvalue weighted by Crippen LogP contribution is -2.23. The first-order chi connectivity index (χ1) is 11.5. The van der Waals surface area contributed by atoms with Crippen molar-refractivity contribution in [3.63, 3.8) is 0 Å². The Bertz CT molecular complexity index is 882. The summed E-state index contributed by atoms with van der Waals surface area (Å²) >= 11 is 1.34. The highest BCUT2D eigenvalue weighted by Gasteiger charge is 2.30. The summed E-state index contributed by atoms with van der Waals surface area (Å²) in [6, 6.07) is 7.76. The minimum absolute atomic E-state index is 0.0783. The molecule has 1 aromatic carbocycles. The second kappa shape index (κ2) is 6.52. The molecule has 1 saturated heterocycles. The zero-order chi connectivity index (χ0) is 17.3. The molecule has 2 heterocycles. The van der Waals surface area contributed by atoms with Crippen LogP contribution in [0.15, 0.2) is 40.4 Å². The summed E-state index contributed by atoms with van der Waals surface area (Å²) in [5.74, 6) is -0.396. The van der Waals surface area contributed by atoms with Crippen molar-refractivity contribution < 1.29 is 14.3 Å². The van der Waals surface area contributed by atoms with Crippen LogP contribution in [0, 0.1) is 0 Å². The molecule has 124 valence electrons. The first-order valence-corrected chi connectivity index (χ1v) is 8.16. The first-order valence-electron chi connectivity index (χ1n) is 7.34. The van der Waals surface area contributed by atoms with Crippen LogP contribution in [0.3, 0.4) is 0 Å². The summed E-state index contributed by atoms with van der Waals surface area (Å²) in [7, 11) is 4.74. The minimum atomic E-state index is -0.318. The number of hydrogen-bond donors (Lipinski definition) is 0. The predicted octanol–water partition coefficient (Wildman–Crippen LogP) is 2.35. The van der Waals surface area contributed by atoms with Crippen LogP contribution >= 0.6 is 11.8 Å². The van der Waals surface area contributed by atoms with Gasteiger partial charge in [-0.1, -0.05) is 18.2 Å². The number of amidine groups is 1. The molecule has 0 N–H and O–H groups in total. The Labute approximate surface area is 143 Å². The van der Waals surface area contributed by atoms with Crippen LogP contribution in [0.25, 0.3) is 17.0 Å². The molecule has 1 amide bonds. The number of aliphatic imine (C=N–C) groups is 1. The summed E-state index contributed by atoms with van der Waals surface area (Å²) in [5.41, 5.74) is 1.80. The van der Waals surface area contributed by atoms with Crippen LogP contribution in [0.4, 0.5) is 0 Å². The van der Waals surface area contributed by atoms with E-state index in [4.69, 9.17) is 4.74 Å². The van der Waals surface area contributed by atoms with Gasteiger partial charge in [-0.25, -0.2) is 0 Å². The van der Waals surface area contributed by atoms with Gasteiger partial charge in [0.15, 0.2) is 5.17 Å². The van der Waals surface area contributed by atoms with Crippen LogP contribution in [0.5, 0.6) is 0 Å². The van der Waals surface area contributed by atoms with Gasteiger partial charge in [-0.05, 0) is 23.9 Å². The van der Waals surface area contributed by atoms with E-state index in [2.05, 4.69) is 4.99 Å². The number of amides is 1. The third-order valence-corrected chi connectivity index (χ3v) is 4.98. The van der Waals surface area contributed by atoms with Crippen molar-refractivity contribution in [3.05, 3.63) is 40.9 Å². The summed E-state index contributed by atoms with van der Waals surface area (Å²) in [4.78, 5) is 30.2. The summed E-state index contributed by atoms with van der Waals surface area (Å²) in [6.45, 7) is 0.128. The average Bonchev–Trinajstić information content (AvgIpc) is 3.07. The van der Waals surface area contributed by atoms with Gasteiger partial charge in [-0.2, -0.15) is 0 Å². The van der Waals surface area contributed by atoms with Gasteiger partial charge in [0.25, 0.3) is 5.91 Å². The number of para-hydroxylation sites is 1. The lowest BCUT2D eigenvalue weighted by atomic mass is 10.1. The number of benzene rings is 1. The summed E-state index contributed by atoms with van der Waals surface area (Å²) < 4.78 is 6.58. The molecule has 0 unspecified atom stereocenters. The molecule has 3 rings (SSSR count). The molecule has 1 aliphatic rings. The van der Waals surface area contributed by atoms with E-state index in [1.165, 1.54) is 23.8 Å². The van der Waals surface area contributed by atoms with Gasteiger partial charge in [-0.15, -0.1) is 0 Å². The number of aromatic nitrogens is 1. The molecule has 2 aromatic rings. The monoisotopic (exact) mass is 343 g/mol. The number of esters is 1. The molecular weight excluding hydrogens is 326 g/mol. The minimum Gasteiger partial charge on any atom is -0.468 e.